The summed E-state index contributed by atoms with van der Waals surface area (Å²) in [4.78, 5) is 24.2. The maximum Gasteiger partial charge on any atom is 0.329 e. The van der Waals surface area contributed by atoms with Gasteiger partial charge in [-0.25, -0.2) is 9.18 Å². The van der Waals surface area contributed by atoms with Crippen LogP contribution in [0.2, 0.25) is 0 Å². The molecule has 0 radical (unpaired) electrons. The van der Waals surface area contributed by atoms with Gasteiger partial charge in [0.1, 0.15) is 12.4 Å². The van der Waals surface area contributed by atoms with Gasteiger partial charge in [-0.3, -0.25) is 13.9 Å². The summed E-state index contributed by atoms with van der Waals surface area (Å²) >= 11 is 5.46. The first kappa shape index (κ1) is 19.8. The Morgan fingerprint density at radius 1 is 1.00 bits per heavy atom. The Morgan fingerprint density at radius 2 is 1.64 bits per heavy atom. The zero-order chi connectivity index (χ0) is 20.4. The third kappa shape index (κ3) is 3.55. The average Bonchev–Trinajstić information content (AvgIpc) is 2.91. The van der Waals surface area contributed by atoms with Crippen molar-refractivity contribution in [2.45, 2.75) is 13.1 Å². The first-order chi connectivity index (χ1) is 13.4. The molecule has 0 spiro atoms. The highest BCUT2D eigenvalue weighted by Crippen LogP contribution is 2.38. The van der Waals surface area contributed by atoms with Gasteiger partial charge in [-0.1, -0.05) is 0 Å². The van der Waals surface area contributed by atoms with Crippen molar-refractivity contribution in [3.8, 4) is 17.2 Å². The summed E-state index contributed by atoms with van der Waals surface area (Å²) in [6.45, 7) is -0.218. The van der Waals surface area contributed by atoms with Gasteiger partial charge in [0.25, 0.3) is 0 Å². The van der Waals surface area contributed by atoms with Crippen LogP contribution in [-0.2, 0) is 17.9 Å². The molecule has 0 saturated heterocycles. The van der Waals surface area contributed by atoms with E-state index in [-0.39, 0.29) is 18.6 Å². The molecule has 3 aromatic rings. The van der Waals surface area contributed by atoms with Crippen molar-refractivity contribution in [3.63, 3.8) is 0 Å². The van der Waals surface area contributed by atoms with Gasteiger partial charge in [0.15, 0.2) is 11.5 Å². The number of hydrogen-bond donors (Lipinski definition) is 0. The minimum Gasteiger partial charge on any atom is -0.493 e. The number of hydrogen-bond acceptors (Lipinski definition) is 5. The van der Waals surface area contributed by atoms with Crippen molar-refractivity contribution in [2.24, 2.45) is 0 Å². The van der Waals surface area contributed by atoms with Crippen LogP contribution in [0.5, 0.6) is 17.2 Å². The summed E-state index contributed by atoms with van der Waals surface area (Å²) in [6, 6.07) is 7.36. The number of benzene rings is 2. The molecule has 2 aromatic carbocycles. The van der Waals surface area contributed by atoms with E-state index in [9.17, 15) is 14.0 Å². The first-order valence-electron chi connectivity index (χ1n) is 8.25. The number of imidazole rings is 1. The molecule has 0 unspecified atom stereocenters. The molecule has 3 rings (SSSR count). The van der Waals surface area contributed by atoms with Crippen LogP contribution in [0.3, 0.4) is 0 Å². The predicted octanol–water partition coefficient (Wildman–Crippen LogP) is 2.78. The molecule has 0 saturated carbocycles. The monoisotopic (exact) mass is 408 g/mol. The number of carbonyl (C=O) groups excluding carboxylic acids is 1. The molecule has 28 heavy (non-hydrogen) atoms. The van der Waals surface area contributed by atoms with Crippen molar-refractivity contribution < 1.29 is 23.4 Å². The van der Waals surface area contributed by atoms with Gasteiger partial charge in [-0.05, 0) is 47.5 Å². The summed E-state index contributed by atoms with van der Waals surface area (Å²) < 4.78 is 32.3. The van der Waals surface area contributed by atoms with Crippen LogP contribution in [0.25, 0.3) is 11.0 Å². The lowest BCUT2D eigenvalue weighted by molar-refractivity contribution is -0.112. The number of aromatic nitrogens is 2. The molecule has 0 fully saturated rings. The maximum absolute atomic E-state index is 13.7. The smallest absolute Gasteiger partial charge is 0.329 e. The molecule has 1 aromatic heterocycles. The highest BCUT2D eigenvalue weighted by molar-refractivity contribution is 6.63. The van der Waals surface area contributed by atoms with Crippen LogP contribution in [0.4, 0.5) is 4.39 Å². The van der Waals surface area contributed by atoms with Gasteiger partial charge in [0.05, 0.1) is 38.9 Å². The second kappa shape index (κ2) is 7.93. The third-order valence-electron chi connectivity index (χ3n) is 4.33. The number of halogens is 2. The Kier molecular flexibility index (Phi) is 5.60. The SMILES string of the molecule is COc1cc(Cn2c(=O)n(CC(=O)Cl)c3cc(F)ccc32)cc(OC)c1OC. The van der Waals surface area contributed by atoms with Crippen LogP contribution in [0.1, 0.15) is 5.56 Å². The lowest BCUT2D eigenvalue weighted by atomic mass is 10.1. The van der Waals surface area contributed by atoms with E-state index in [1.54, 1.807) is 12.1 Å². The van der Waals surface area contributed by atoms with E-state index >= 15 is 0 Å². The van der Waals surface area contributed by atoms with Gasteiger partial charge >= 0.3 is 5.69 Å². The second-order valence-corrected chi connectivity index (χ2v) is 6.40. The molecule has 0 N–H and O–H groups in total. The first-order valence-corrected chi connectivity index (χ1v) is 8.63. The minimum absolute atomic E-state index is 0.140. The summed E-state index contributed by atoms with van der Waals surface area (Å²) in [5.74, 6) is 0.790. The number of ether oxygens (including phenoxy) is 3. The molecule has 0 bridgehead atoms. The Labute approximate surface area is 164 Å². The molecule has 7 nitrogen and oxygen atoms in total. The summed E-state index contributed by atoms with van der Waals surface area (Å²) in [7, 11) is 4.48. The van der Waals surface area contributed by atoms with E-state index in [0.717, 1.165) is 4.57 Å². The van der Waals surface area contributed by atoms with Crippen LogP contribution >= 0.6 is 11.6 Å². The fourth-order valence-electron chi connectivity index (χ4n) is 3.13. The predicted molar refractivity (Wildman–Crippen MR) is 102 cm³/mol. The Morgan fingerprint density at radius 3 is 2.18 bits per heavy atom. The Hall–Kier alpha value is -3.00. The average molecular weight is 409 g/mol. The minimum atomic E-state index is -0.724. The molecule has 0 aliphatic carbocycles. The molecule has 9 heteroatoms. The Bertz CT molecular complexity index is 1080. The van der Waals surface area contributed by atoms with Crippen molar-refractivity contribution in [1.29, 1.82) is 0 Å². The second-order valence-electron chi connectivity index (χ2n) is 5.98. The van der Waals surface area contributed by atoms with Crippen LogP contribution in [-0.4, -0.2) is 35.7 Å². The van der Waals surface area contributed by atoms with Crippen molar-refractivity contribution in [3.05, 3.63) is 52.2 Å². The molecule has 0 amide bonds. The quantitative estimate of drug-likeness (QED) is 0.562. The molecule has 0 atom stereocenters. The molecule has 0 aliphatic rings. The van der Waals surface area contributed by atoms with E-state index < -0.39 is 16.7 Å². The van der Waals surface area contributed by atoms with Crippen molar-refractivity contribution in [2.75, 3.05) is 21.3 Å². The standard InChI is InChI=1S/C19H18ClFN2O5/c1-26-15-6-11(7-16(27-2)18(15)28-3)9-22-13-5-4-12(21)8-14(13)23(19(22)25)10-17(20)24/h4-8H,9-10H2,1-3H3. The normalized spacial score (nSPS) is 10.9. The van der Waals surface area contributed by atoms with Gasteiger partial charge in [0, 0.05) is 0 Å². The van der Waals surface area contributed by atoms with Crippen molar-refractivity contribution >= 4 is 27.9 Å². The van der Waals surface area contributed by atoms with Gasteiger partial charge in [-0.2, -0.15) is 0 Å². The van der Waals surface area contributed by atoms with Crippen LogP contribution in [0.15, 0.2) is 35.1 Å². The van der Waals surface area contributed by atoms with Gasteiger partial charge < -0.3 is 14.2 Å². The highest BCUT2D eigenvalue weighted by atomic mass is 35.5. The lowest BCUT2D eigenvalue weighted by Crippen LogP contribution is -2.26. The van der Waals surface area contributed by atoms with Crippen molar-refractivity contribution in [1.82, 2.24) is 9.13 Å². The van der Waals surface area contributed by atoms with Crippen LogP contribution < -0.4 is 19.9 Å². The molecular formula is C19H18ClFN2O5. The summed E-state index contributed by atoms with van der Waals surface area (Å²) in [5.41, 5.74) is 0.963. The zero-order valence-corrected chi connectivity index (χ0v) is 16.2. The fourth-order valence-corrected chi connectivity index (χ4v) is 3.25. The number of fused-ring (bicyclic) bond motifs is 1. The van der Waals surface area contributed by atoms with E-state index in [1.807, 2.05) is 0 Å². The maximum atomic E-state index is 13.7. The van der Waals surface area contributed by atoms with E-state index in [1.165, 1.54) is 44.1 Å². The molecule has 0 aliphatic heterocycles. The van der Waals surface area contributed by atoms with Gasteiger partial charge in [0.2, 0.25) is 11.0 Å². The summed E-state index contributed by atoms with van der Waals surface area (Å²) in [5, 5.41) is -0.724. The molecule has 148 valence electrons. The number of rotatable bonds is 7. The fraction of sp³-hybridized carbons (Fsp3) is 0.263. The van der Waals surface area contributed by atoms with E-state index in [0.29, 0.717) is 28.3 Å². The lowest BCUT2D eigenvalue weighted by Gasteiger charge is -2.14. The zero-order valence-electron chi connectivity index (χ0n) is 15.5. The van der Waals surface area contributed by atoms with E-state index in [2.05, 4.69) is 0 Å². The topological polar surface area (TPSA) is 71.7 Å². The van der Waals surface area contributed by atoms with Crippen LogP contribution in [0, 0.1) is 5.82 Å². The largest absolute Gasteiger partial charge is 0.493 e. The third-order valence-corrected chi connectivity index (χ3v) is 4.45. The highest BCUT2D eigenvalue weighted by Gasteiger charge is 2.18. The summed E-state index contributed by atoms with van der Waals surface area (Å²) in [6.07, 6.45) is 0. The number of carbonyl (C=O) groups is 1. The van der Waals surface area contributed by atoms with E-state index in [4.69, 9.17) is 25.8 Å². The molecule has 1 heterocycles. The number of methoxy groups -OCH3 is 3. The molecular weight excluding hydrogens is 391 g/mol. The Balaban J connectivity index is 2.17. The number of nitrogens with zero attached hydrogens (tertiary/aromatic N) is 2. The van der Waals surface area contributed by atoms with Gasteiger partial charge in [-0.15, -0.1) is 0 Å².